The monoisotopic (exact) mass is 442 g/mol. The van der Waals surface area contributed by atoms with Gasteiger partial charge in [0.1, 0.15) is 16.4 Å². The molecule has 0 aliphatic carbocycles. The van der Waals surface area contributed by atoms with Gasteiger partial charge in [-0.3, -0.25) is 10.0 Å². The second-order valence-electron chi connectivity index (χ2n) is 6.23. The zero-order chi connectivity index (χ0) is 21.3. The Kier molecular flexibility index (Phi) is 5.85. The first kappa shape index (κ1) is 21.8. The van der Waals surface area contributed by atoms with Crippen LogP contribution in [0.25, 0.3) is 0 Å². The Balaban J connectivity index is 2.37. The van der Waals surface area contributed by atoms with Gasteiger partial charge in [-0.25, -0.2) is 14.8 Å². The number of hydrogen-bond donors (Lipinski definition) is 2. The van der Waals surface area contributed by atoms with Gasteiger partial charge in [0.25, 0.3) is 10.0 Å². The molecule has 2 aromatic rings. The van der Waals surface area contributed by atoms with Crippen LogP contribution in [0.5, 0.6) is 0 Å². The number of carbonyl (C=O) groups is 1. The van der Waals surface area contributed by atoms with E-state index in [9.17, 15) is 30.8 Å². The average Bonchev–Trinajstić information content (AvgIpc) is 2.89. The molecule has 0 radical (unpaired) electrons. The molecule has 8 nitrogen and oxygen atoms in total. The van der Waals surface area contributed by atoms with Crippen molar-refractivity contribution in [3.8, 4) is 0 Å². The van der Waals surface area contributed by atoms with Crippen LogP contribution in [-0.2, 0) is 20.9 Å². The van der Waals surface area contributed by atoms with Crippen molar-refractivity contribution < 1.29 is 35.5 Å². The maximum absolute atomic E-state index is 13.2. The first-order valence-electron chi connectivity index (χ1n) is 7.41. The molecule has 0 fully saturated rings. The van der Waals surface area contributed by atoms with E-state index in [4.69, 9.17) is 4.74 Å². The van der Waals surface area contributed by atoms with Crippen LogP contribution < -0.4 is 10.0 Å². The molecule has 0 aromatic carbocycles. The summed E-state index contributed by atoms with van der Waals surface area (Å²) in [6.07, 6.45) is -6.27. The number of thiazole rings is 1. The Morgan fingerprint density at radius 1 is 1.18 bits per heavy atom. The van der Waals surface area contributed by atoms with Crippen LogP contribution in [0.15, 0.2) is 22.5 Å². The molecule has 14 heteroatoms. The van der Waals surface area contributed by atoms with Crippen molar-refractivity contribution in [2.24, 2.45) is 0 Å². The number of aromatic nitrogens is 2. The minimum Gasteiger partial charge on any atom is -0.444 e. The summed E-state index contributed by atoms with van der Waals surface area (Å²) in [5.41, 5.74) is -2.61. The number of amides is 1. The second kappa shape index (κ2) is 7.50. The number of anilines is 2. The van der Waals surface area contributed by atoms with E-state index < -0.39 is 54.7 Å². The fraction of sp³-hybridized carbons (Fsp3) is 0.357. The highest BCUT2D eigenvalue weighted by Crippen LogP contribution is 2.39. The molecule has 2 heterocycles. The molecule has 0 saturated heterocycles. The lowest BCUT2D eigenvalue weighted by atomic mass is 10.2. The summed E-state index contributed by atoms with van der Waals surface area (Å²) < 4.78 is 82.9. The molecule has 154 valence electrons. The minimum absolute atomic E-state index is 0.0560. The van der Waals surface area contributed by atoms with Crippen molar-refractivity contribution in [1.29, 1.82) is 0 Å². The minimum atomic E-state index is -5.05. The fourth-order valence-corrected chi connectivity index (χ4v) is 3.94. The summed E-state index contributed by atoms with van der Waals surface area (Å²) in [5.74, 6) is -1.45. The molecule has 0 bridgehead atoms. The van der Waals surface area contributed by atoms with Gasteiger partial charge >= 0.3 is 12.3 Å². The van der Waals surface area contributed by atoms with Crippen LogP contribution in [0.1, 0.15) is 26.5 Å². The number of nitrogens with one attached hydrogen (secondary N) is 2. The maximum atomic E-state index is 13.2. The van der Waals surface area contributed by atoms with Gasteiger partial charge in [-0.1, -0.05) is 17.4 Å². The van der Waals surface area contributed by atoms with Crippen LogP contribution in [0, 0.1) is 5.95 Å². The van der Waals surface area contributed by atoms with Crippen LogP contribution >= 0.6 is 11.3 Å². The zero-order valence-electron chi connectivity index (χ0n) is 14.6. The molecule has 0 aliphatic rings. The van der Waals surface area contributed by atoms with Crippen molar-refractivity contribution in [2.45, 2.75) is 36.9 Å². The van der Waals surface area contributed by atoms with Gasteiger partial charge in [0, 0.05) is 0 Å². The molecule has 0 aliphatic heterocycles. The average molecular weight is 442 g/mol. The lowest BCUT2D eigenvalue weighted by molar-refractivity contribution is -0.140. The number of ether oxygens (including phenoxy) is 1. The van der Waals surface area contributed by atoms with E-state index in [0.29, 0.717) is 0 Å². The number of hydrogen-bond acceptors (Lipinski definition) is 7. The summed E-state index contributed by atoms with van der Waals surface area (Å²) in [7, 11) is -4.63. The van der Waals surface area contributed by atoms with E-state index >= 15 is 0 Å². The molecule has 0 unspecified atom stereocenters. The van der Waals surface area contributed by atoms with E-state index in [2.05, 4.69) is 9.97 Å². The zero-order valence-corrected chi connectivity index (χ0v) is 16.2. The number of nitrogens with zero attached hydrogens (tertiary/aromatic N) is 2. The largest absolute Gasteiger partial charge is 0.444 e. The van der Waals surface area contributed by atoms with E-state index in [-0.39, 0.29) is 11.3 Å². The number of halogens is 4. The lowest BCUT2D eigenvalue weighted by Gasteiger charge is -2.19. The van der Waals surface area contributed by atoms with Crippen LogP contribution in [-0.4, -0.2) is 30.1 Å². The Bertz CT molecular complexity index is 984. The van der Waals surface area contributed by atoms with E-state index in [0.717, 1.165) is 18.2 Å². The summed E-state index contributed by atoms with van der Waals surface area (Å²) in [4.78, 5) is 18.1. The first-order chi connectivity index (χ1) is 12.7. The normalized spacial score (nSPS) is 12.5. The highest BCUT2D eigenvalue weighted by Gasteiger charge is 2.40. The Morgan fingerprint density at radius 2 is 1.82 bits per heavy atom. The van der Waals surface area contributed by atoms with Gasteiger partial charge in [0.2, 0.25) is 10.3 Å². The number of sulfonamides is 1. The summed E-state index contributed by atoms with van der Waals surface area (Å²) in [6.45, 7) is 4.49. The van der Waals surface area contributed by atoms with Crippen molar-refractivity contribution in [3.63, 3.8) is 0 Å². The fourth-order valence-electron chi connectivity index (χ4n) is 1.74. The van der Waals surface area contributed by atoms with Crippen molar-refractivity contribution >= 4 is 38.3 Å². The third-order valence-electron chi connectivity index (χ3n) is 2.67. The third kappa shape index (κ3) is 5.76. The standard InChI is InChI=1S/C14H14F4N4O4S2/c1-13(2,3)26-11(23)21-10-9(14(16,17)18)20-12(27-10)28(24,25)22-8-6-4-5-7(15)19-8/h4-6H,1-3H3,(H,19,22)(H,21,23). The van der Waals surface area contributed by atoms with Gasteiger partial charge in [0.05, 0.1) is 0 Å². The number of carbonyl (C=O) groups excluding carboxylic acids is 1. The van der Waals surface area contributed by atoms with Crippen LogP contribution in [0.4, 0.5) is 33.2 Å². The molecule has 2 N–H and O–H groups in total. The van der Waals surface area contributed by atoms with E-state index in [1.54, 1.807) is 0 Å². The van der Waals surface area contributed by atoms with Crippen molar-refractivity contribution in [2.75, 3.05) is 10.0 Å². The maximum Gasteiger partial charge on any atom is 0.436 e. The molecule has 28 heavy (non-hydrogen) atoms. The second-order valence-corrected chi connectivity index (χ2v) is 9.09. The number of pyridine rings is 1. The molecule has 0 atom stereocenters. The number of rotatable bonds is 4. The molecule has 0 spiro atoms. The summed E-state index contributed by atoms with van der Waals surface area (Å²) >= 11 is 0.0560. The molecular formula is C14H14F4N4O4S2. The molecular weight excluding hydrogens is 428 g/mol. The topological polar surface area (TPSA) is 110 Å². The summed E-state index contributed by atoms with van der Waals surface area (Å²) in [6, 6.07) is 3.20. The quantitative estimate of drug-likeness (QED) is 0.550. The Labute approximate surface area is 161 Å². The first-order valence-corrected chi connectivity index (χ1v) is 9.71. The van der Waals surface area contributed by atoms with Gasteiger partial charge in [-0.05, 0) is 32.9 Å². The van der Waals surface area contributed by atoms with Crippen LogP contribution in [0.3, 0.4) is 0 Å². The van der Waals surface area contributed by atoms with Gasteiger partial charge < -0.3 is 4.74 Å². The predicted octanol–water partition coefficient (Wildman–Crippen LogP) is 3.84. The predicted molar refractivity (Wildman–Crippen MR) is 92.0 cm³/mol. The highest BCUT2D eigenvalue weighted by molar-refractivity contribution is 7.94. The van der Waals surface area contributed by atoms with Gasteiger partial charge in [0.15, 0.2) is 5.69 Å². The highest BCUT2D eigenvalue weighted by atomic mass is 32.2. The van der Waals surface area contributed by atoms with Crippen molar-refractivity contribution in [1.82, 2.24) is 9.97 Å². The molecule has 0 saturated carbocycles. The molecule has 2 rings (SSSR count). The van der Waals surface area contributed by atoms with Crippen molar-refractivity contribution in [3.05, 3.63) is 29.8 Å². The van der Waals surface area contributed by atoms with E-state index in [1.807, 2.05) is 10.0 Å². The molecule has 1 amide bonds. The number of alkyl halides is 3. The van der Waals surface area contributed by atoms with Gasteiger partial charge in [-0.15, -0.1) is 0 Å². The summed E-state index contributed by atoms with van der Waals surface area (Å²) in [5, 5.41) is 0.980. The van der Waals surface area contributed by atoms with E-state index in [1.165, 1.54) is 20.8 Å². The molecule has 2 aromatic heterocycles. The smallest absolute Gasteiger partial charge is 0.436 e. The Morgan fingerprint density at radius 3 is 2.36 bits per heavy atom. The van der Waals surface area contributed by atoms with Gasteiger partial charge in [-0.2, -0.15) is 26.0 Å². The third-order valence-corrected chi connectivity index (χ3v) is 5.38. The Hall–Kier alpha value is -2.48. The SMILES string of the molecule is CC(C)(C)OC(=O)Nc1sc(S(=O)(=O)Nc2cccc(F)n2)nc1C(F)(F)F. The lowest BCUT2D eigenvalue weighted by Crippen LogP contribution is -2.27. The van der Waals surface area contributed by atoms with Crippen LogP contribution in [0.2, 0.25) is 0 Å².